The van der Waals surface area contributed by atoms with Gasteiger partial charge in [-0.05, 0) is 20.8 Å². The molecule has 2 heteroatoms. The molecule has 0 fully saturated rings. The van der Waals surface area contributed by atoms with Crippen molar-refractivity contribution in [3.05, 3.63) is 11.8 Å². The Bertz CT molecular complexity index is 125. The van der Waals surface area contributed by atoms with Gasteiger partial charge in [-0.25, -0.2) is 0 Å². The molecule has 2 nitrogen and oxygen atoms in total. The molecule has 0 aliphatic rings. The zero-order valence-electron chi connectivity index (χ0n) is 6.92. The van der Waals surface area contributed by atoms with Crippen LogP contribution in [0.25, 0.3) is 0 Å². The maximum Gasteiger partial charge on any atom is 0.165 e. The highest BCUT2D eigenvalue weighted by Crippen LogP contribution is 1.98. The van der Waals surface area contributed by atoms with E-state index in [1.165, 1.54) is 0 Å². The topological polar surface area (TPSA) is 20.3 Å². The minimum Gasteiger partial charge on any atom is -0.370 e. The van der Waals surface area contributed by atoms with Gasteiger partial charge in [0.1, 0.15) is 0 Å². The zero-order valence-corrected chi connectivity index (χ0v) is 6.92. The Labute approximate surface area is 62.5 Å². The van der Waals surface area contributed by atoms with Crippen LogP contribution in [0.5, 0.6) is 0 Å². The monoisotopic (exact) mass is 141 g/mol. The van der Waals surface area contributed by atoms with Gasteiger partial charge in [0, 0.05) is 13.1 Å². The van der Waals surface area contributed by atoms with Gasteiger partial charge in [-0.2, -0.15) is 0 Å². The maximum absolute atomic E-state index is 10.4. The lowest BCUT2D eigenvalue weighted by molar-refractivity contribution is -0.106. The van der Waals surface area contributed by atoms with Crippen LogP contribution in [0.15, 0.2) is 11.8 Å². The number of allylic oxidation sites excluding steroid dienone is 2. The van der Waals surface area contributed by atoms with Crippen molar-refractivity contribution < 1.29 is 4.79 Å². The average molecular weight is 141 g/mol. The van der Waals surface area contributed by atoms with Gasteiger partial charge in [-0.3, -0.25) is 4.79 Å². The standard InChI is InChI=1S/C8H15NO/c1-4-8(7-10)9(5-2)6-3/h4,7H,5-6H2,1-3H3/b8-4-. The lowest BCUT2D eigenvalue weighted by Crippen LogP contribution is -2.22. The average Bonchev–Trinajstić information content (AvgIpc) is 2.00. The predicted octanol–water partition coefficient (Wildman–Crippen LogP) is 1.43. The number of hydrogen-bond acceptors (Lipinski definition) is 2. The summed E-state index contributed by atoms with van der Waals surface area (Å²) in [4.78, 5) is 12.4. The largest absolute Gasteiger partial charge is 0.370 e. The third-order valence-corrected chi connectivity index (χ3v) is 1.55. The van der Waals surface area contributed by atoms with Crippen LogP contribution in [0.2, 0.25) is 0 Å². The van der Waals surface area contributed by atoms with Crippen molar-refractivity contribution in [2.45, 2.75) is 20.8 Å². The van der Waals surface area contributed by atoms with Crippen molar-refractivity contribution in [3.8, 4) is 0 Å². The molecule has 0 bridgehead atoms. The summed E-state index contributed by atoms with van der Waals surface area (Å²) in [5, 5.41) is 0. The molecular formula is C8H15NO. The van der Waals surface area contributed by atoms with E-state index >= 15 is 0 Å². The fraction of sp³-hybridized carbons (Fsp3) is 0.625. The van der Waals surface area contributed by atoms with Crippen LogP contribution in [0.1, 0.15) is 20.8 Å². The molecule has 0 atom stereocenters. The summed E-state index contributed by atoms with van der Waals surface area (Å²) in [6.07, 6.45) is 2.73. The highest BCUT2D eigenvalue weighted by atomic mass is 16.1. The van der Waals surface area contributed by atoms with Crippen LogP contribution in [-0.4, -0.2) is 24.3 Å². The van der Waals surface area contributed by atoms with Gasteiger partial charge >= 0.3 is 0 Å². The molecule has 0 aromatic carbocycles. The van der Waals surface area contributed by atoms with Crippen molar-refractivity contribution in [2.75, 3.05) is 13.1 Å². The predicted molar refractivity (Wildman–Crippen MR) is 42.7 cm³/mol. The fourth-order valence-electron chi connectivity index (χ4n) is 0.914. The van der Waals surface area contributed by atoms with Crippen molar-refractivity contribution in [1.29, 1.82) is 0 Å². The molecule has 0 radical (unpaired) electrons. The number of aldehydes is 1. The quantitative estimate of drug-likeness (QED) is 0.436. The third kappa shape index (κ3) is 2.21. The first kappa shape index (κ1) is 9.21. The minimum atomic E-state index is 0.782. The van der Waals surface area contributed by atoms with Crippen LogP contribution >= 0.6 is 0 Å². The van der Waals surface area contributed by atoms with E-state index in [-0.39, 0.29) is 0 Å². The number of likely N-dealkylation sites (N-methyl/N-ethyl adjacent to an activating group) is 1. The highest BCUT2D eigenvalue weighted by molar-refractivity contribution is 5.72. The highest BCUT2D eigenvalue weighted by Gasteiger charge is 2.00. The van der Waals surface area contributed by atoms with E-state index in [1.54, 1.807) is 0 Å². The second kappa shape index (κ2) is 5.03. The van der Waals surface area contributed by atoms with Crippen LogP contribution in [0.3, 0.4) is 0 Å². The van der Waals surface area contributed by atoms with Gasteiger partial charge in [0.2, 0.25) is 0 Å². The normalized spacial score (nSPS) is 11.3. The van der Waals surface area contributed by atoms with E-state index in [9.17, 15) is 4.79 Å². The summed E-state index contributed by atoms with van der Waals surface area (Å²) in [6, 6.07) is 0. The fourth-order valence-corrected chi connectivity index (χ4v) is 0.914. The molecule has 0 saturated heterocycles. The number of carbonyl (C=O) groups is 1. The van der Waals surface area contributed by atoms with Gasteiger partial charge in [0.15, 0.2) is 6.29 Å². The number of carbonyl (C=O) groups excluding carboxylic acids is 1. The third-order valence-electron chi connectivity index (χ3n) is 1.55. The molecule has 10 heavy (non-hydrogen) atoms. The van der Waals surface area contributed by atoms with Gasteiger partial charge in [-0.1, -0.05) is 6.08 Å². The minimum absolute atomic E-state index is 0.782. The Morgan fingerprint density at radius 3 is 2.00 bits per heavy atom. The number of nitrogens with zero attached hydrogens (tertiary/aromatic N) is 1. The lowest BCUT2D eigenvalue weighted by Gasteiger charge is -2.19. The summed E-state index contributed by atoms with van der Waals surface area (Å²) in [5.41, 5.74) is 0.782. The summed E-state index contributed by atoms with van der Waals surface area (Å²) >= 11 is 0. The van der Waals surface area contributed by atoms with E-state index in [1.807, 2.05) is 31.7 Å². The molecule has 0 N–H and O–H groups in total. The van der Waals surface area contributed by atoms with Crippen LogP contribution in [0.4, 0.5) is 0 Å². The lowest BCUT2D eigenvalue weighted by atomic mass is 10.3. The molecule has 0 aromatic heterocycles. The molecule has 0 spiro atoms. The second-order valence-electron chi connectivity index (χ2n) is 2.00. The van der Waals surface area contributed by atoms with E-state index in [2.05, 4.69) is 0 Å². The zero-order chi connectivity index (χ0) is 7.98. The summed E-state index contributed by atoms with van der Waals surface area (Å²) in [7, 11) is 0. The molecule has 0 aromatic rings. The number of rotatable bonds is 4. The summed E-state index contributed by atoms with van der Waals surface area (Å²) in [6.45, 7) is 7.75. The molecule has 0 aliphatic carbocycles. The van der Waals surface area contributed by atoms with E-state index < -0.39 is 0 Å². The van der Waals surface area contributed by atoms with Crippen LogP contribution < -0.4 is 0 Å². The van der Waals surface area contributed by atoms with Crippen molar-refractivity contribution in [3.63, 3.8) is 0 Å². The molecule has 0 rings (SSSR count). The molecule has 58 valence electrons. The van der Waals surface area contributed by atoms with E-state index in [0.29, 0.717) is 0 Å². The molecule has 0 amide bonds. The first-order chi connectivity index (χ1) is 4.79. The van der Waals surface area contributed by atoms with Gasteiger partial charge in [0.05, 0.1) is 5.70 Å². The Kier molecular flexibility index (Phi) is 4.63. The Balaban J connectivity index is 4.10. The van der Waals surface area contributed by atoms with Crippen molar-refractivity contribution in [1.82, 2.24) is 4.90 Å². The maximum atomic E-state index is 10.4. The Morgan fingerprint density at radius 2 is 1.90 bits per heavy atom. The molecule has 0 unspecified atom stereocenters. The molecule has 0 aliphatic heterocycles. The molecule has 0 heterocycles. The van der Waals surface area contributed by atoms with Gasteiger partial charge in [0.25, 0.3) is 0 Å². The number of hydrogen-bond donors (Lipinski definition) is 0. The smallest absolute Gasteiger partial charge is 0.165 e. The van der Waals surface area contributed by atoms with Crippen LogP contribution in [-0.2, 0) is 4.79 Å². The molecule has 0 saturated carbocycles. The SMILES string of the molecule is C/C=C(/C=O)N(CC)CC. The Morgan fingerprint density at radius 1 is 1.40 bits per heavy atom. The summed E-state index contributed by atoms with van der Waals surface area (Å²) in [5.74, 6) is 0. The van der Waals surface area contributed by atoms with Crippen molar-refractivity contribution >= 4 is 6.29 Å². The van der Waals surface area contributed by atoms with E-state index in [4.69, 9.17) is 0 Å². The van der Waals surface area contributed by atoms with Gasteiger partial charge in [-0.15, -0.1) is 0 Å². The van der Waals surface area contributed by atoms with E-state index in [0.717, 1.165) is 25.1 Å². The second-order valence-corrected chi connectivity index (χ2v) is 2.00. The van der Waals surface area contributed by atoms with Crippen LogP contribution in [0, 0.1) is 0 Å². The summed E-state index contributed by atoms with van der Waals surface area (Å²) < 4.78 is 0. The van der Waals surface area contributed by atoms with Gasteiger partial charge < -0.3 is 4.90 Å². The molecular weight excluding hydrogens is 126 g/mol. The first-order valence-electron chi connectivity index (χ1n) is 3.66. The Hall–Kier alpha value is -0.790. The van der Waals surface area contributed by atoms with Crippen molar-refractivity contribution in [2.24, 2.45) is 0 Å². The first-order valence-corrected chi connectivity index (χ1v) is 3.66.